The van der Waals surface area contributed by atoms with Crippen LogP contribution in [0.15, 0.2) is 158 Å². The number of rotatable bonds is 4. The third kappa shape index (κ3) is 4.56. The quantitative estimate of drug-likeness (QED) is 0.193. The number of nitrogens with zero attached hydrogens (tertiary/aromatic N) is 4. The Morgan fingerprint density at radius 1 is 0.326 bits per heavy atom. The first-order valence-corrected chi connectivity index (χ1v) is 15.4. The number of aromatic nitrogens is 4. The van der Waals surface area contributed by atoms with Crippen molar-refractivity contribution in [2.45, 2.75) is 0 Å². The molecule has 0 radical (unpaired) electrons. The number of fused-ring (bicyclic) bond motifs is 5. The van der Waals surface area contributed by atoms with Crippen LogP contribution < -0.4 is 0 Å². The summed E-state index contributed by atoms with van der Waals surface area (Å²) in [5.74, 6) is 0.709. The minimum Gasteiger partial charge on any atom is -0.245 e. The number of pyridine rings is 2. The minimum absolute atomic E-state index is 0.709. The highest BCUT2D eigenvalue weighted by Crippen LogP contribution is 2.34. The lowest BCUT2D eigenvalue weighted by atomic mass is 10.0. The summed E-state index contributed by atoms with van der Waals surface area (Å²) in [4.78, 5) is 20.4. The van der Waals surface area contributed by atoms with Gasteiger partial charge in [0, 0.05) is 38.4 Å². The maximum absolute atomic E-state index is 5.20. The van der Waals surface area contributed by atoms with Crippen molar-refractivity contribution in [2.24, 2.45) is 0 Å². The third-order valence-electron chi connectivity index (χ3n) is 8.63. The average molecular weight is 587 g/mol. The van der Waals surface area contributed by atoms with E-state index in [-0.39, 0.29) is 0 Å². The lowest BCUT2D eigenvalue weighted by Gasteiger charge is -2.12. The van der Waals surface area contributed by atoms with Crippen LogP contribution in [0.2, 0.25) is 0 Å². The summed E-state index contributed by atoms with van der Waals surface area (Å²) in [7, 11) is 0. The van der Waals surface area contributed by atoms with Crippen LogP contribution in [0.5, 0.6) is 0 Å². The van der Waals surface area contributed by atoms with Gasteiger partial charge < -0.3 is 0 Å². The Hall–Kier alpha value is -6.26. The van der Waals surface area contributed by atoms with Gasteiger partial charge in [-0.05, 0) is 41.1 Å². The van der Waals surface area contributed by atoms with Gasteiger partial charge in [-0.3, -0.25) is 0 Å². The lowest BCUT2D eigenvalue weighted by molar-refractivity contribution is 1.23. The van der Waals surface area contributed by atoms with Gasteiger partial charge in [-0.15, -0.1) is 0 Å². The highest BCUT2D eigenvalue weighted by Gasteiger charge is 2.14. The molecule has 46 heavy (non-hydrogen) atoms. The maximum Gasteiger partial charge on any atom is 0.160 e. The maximum atomic E-state index is 5.20. The molecule has 9 aromatic rings. The number of para-hydroxylation sites is 1. The van der Waals surface area contributed by atoms with Gasteiger partial charge in [-0.2, -0.15) is 0 Å². The second kappa shape index (κ2) is 10.7. The molecule has 9 rings (SSSR count). The Morgan fingerprint density at radius 3 is 1.74 bits per heavy atom. The van der Waals surface area contributed by atoms with Crippen molar-refractivity contribution in [3.63, 3.8) is 0 Å². The first-order chi connectivity index (χ1) is 22.8. The zero-order valence-electron chi connectivity index (χ0n) is 24.8. The SMILES string of the molecule is c1ccc(-c2ccc3ccc4ccc(-c5cccc(-c6nc(-c7ccc8ccccc8c7)nc7ccccc67)c5)nc4c3n2)cc1. The highest BCUT2D eigenvalue weighted by molar-refractivity contribution is 6.04. The molecule has 6 aromatic carbocycles. The highest BCUT2D eigenvalue weighted by atomic mass is 14.9. The van der Waals surface area contributed by atoms with E-state index in [4.69, 9.17) is 19.9 Å². The monoisotopic (exact) mass is 586 g/mol. The molecule has 0 spiro atoms. The molecular formula is C42H26N4. The minimum atomic E-state index is 0.709. The fourth-order valence-corrected chi connectivity index (χ4v) is 6.28. The predicted octanol–water partition coefficient (Wildman–Crippen LogP) is 10.5. The second-order valence-corrected chi connectivity index (χ2v) is 11.5. The molecule has 0 N–H and O–H groups in total. The molecular weight excluding hydrogens is 560 g/mol. The fraction of sp³-hybridized carbons (Fsp3) is 0. The van der Waals surface area contributed by atoms with Gasteiger partial charge in [-0.1, -0.05) is 127 Å². The Balaban J connectivity index is 1.18. The number of hydrogen-bond donors (Lipinski definition) is 0. The van der Waals surface area contributed by atoms with Crippen LogP contribution in [0, 0.1) is 0 Å². The zero-order chi connectivity index (χ0) is 30.5. The smallest absolute Gasteiger partial charge is 0.160 e. The summed E-state index contributed by atoms with van der Waals surface area (Å²) in [5.41, 5.74) is 9.55. The van der Waals surface area contributed by atoms with Crippen LogP contribution in [-0.4, -0.2) is 19.9 Å². The van der Waals surface area contributed by atoms with Crippen LogP contribution in [-0.2, 0) is 0 Å². The van der Waals surface area contributed by atoms with E-state index in [0.717, 1.165) is 72.0 Å². The molecule has 214 valence electrons. The first-order valence-electron chi connectivity index (χ1n) is 15.4. The van der Waals surface area contributed by atoms with Crippen molar-refractivity contribution in [3.8, 4) is 45.2 Å². The molecule has 0 amide bonds. The van der Waals surface area contributed by atoms with Crippen molar-refractivity contribution >= 4 is 43.5 Å². The zero-order valence-corrected chi connectivity index (χ0v) is 24.8. The molecule has 4 nitrogen and oxygen atoms in total. The fourth-order valence-electron chi connectivity index (χ4n) is 6.28. The van der Waals surface area contributed by atoms with Crippen molar-refractivity contribution in [3.05, 3.63) is 158 Å². The van der Waals surface area contributed by atoms with Gasteiger partial charge in [0.05, 0.1) is 33.6 Å². The van der Waals surface area contributed by atoms with Crippen molar-refractivity contribution in [1.82, 2.24) is 19.9 Å². The van der Waals surface area contributed by atoms with Gasteiger partial charge in [0.1, 0.15) is 0 Å². The number of benzene rings is 6. The van der Waals surface area contributed by atoms with Crippen LogP contribution in [0.3, 0.4) is 0 Å². The molecule has 4 heteroatoms. The average Bonchev–Trinajstić information content (AvgIpc) is 3.14. The molecule has 0 aliphatic carbocycles. The predicted molar refractivity (Wildman–Crippen MR) is 189 cm³/mol. The van der Waals surface area contributed by atoms with Crippen LogP contribution in [0.4, 0.5) is 0 Å². The van der Waals surface area contributed by atoms with E-state index in [9.17, 15) is 0 Å². The summed E-state index contributed by atoms with van der Waals surface area (Å²) in [6.07, 6.45) is 0. The Kier molecular flexibility index (Phi) is 6.10. The van der Waals surface area contributed by atoms with E-state index in [2.05, 4.69) is 127 Å². The summed E-state index contributed by atoms with van der Waals surface area (Å²) >= 11 is 0. The van der Waals surface area contributed by atoms with E-state index < -0.39 is 0 Å². The summed E-state index contributed by atoms with van der Waals surface area (Å²) in [6.45, 7) is 0. The summed E-state index contributed by atoms with van der Waals surface area (Å²) in [5, 5.41) is 5.51. The molecule has 0 bridgehead atoms. The van der Waals surface area contributed by atoms with Crippen molar-refractivity contribution in [2.75, 3.05) is 0 Å². The molecule has 0 aliphatic heterocycles. The topological polar surface area (TPSA) is 51.6 Å². The van der Waals surface area contributed by atoms with Crippen molar-refractivity contribution < 1.29 is 0 Å². The Labute approximate surface area is 265 Å². The van der Waals surface area contributed by atoms with Crippen LogP contribution in [0.25, 0.3) is 88.6 Å². The largest absolute Gasteiger partial charge is 0.245 e. The molecule has 0 aliphatic rings. The van der Waals surface area contributed by atoms with Crippen LogP contribution >= 0.6 is 0 Å². The normalized spacial score (nSPS) is 11.5. The molecule has 3 heterocycles. The van der Waals surface area contributed by atoms with Crippen molar-refractivity contribution in [1.29, 1.82) is 0 Å². The number of hydrogen-bond acceptors (Lipinski definition) is 4. The van der Waals surface area contributed by atoms with Crippen LogP contribution in [0.1, 0.15) is 0 Å². The van der Waals surface area contributed by atoms with Gasteiger partial charge >= 0.3 is 0 Å². The second-order valence-electron chi connectivity index (χ2n) is 11.5. The van der Waals surface area contributed by atoms with Gasteiger partial charge in [0.25, 0.3) is 0 Å². The lowest BCUT2D eigenvalue weighted by Crippen LogP contribution is -1.96. The molecule has 0 atom stereocenters. The van der Waals surface area contributed by atoms with Gasteiger partial charge in [0.2, 0.25) is 0 Å². The molecule has 3 aromatic heterocycles. The Bertz CT molecular complexity index is 2590. The van der Waals surface area contributed by atoms with E-state index in [1.807, 2.05) is 30.3 Å². The summed E-state index contributed by atoms with van der Waals surface area (Å²) in [6, 6.07) is 54.5. The molecule has 0 saturated carbocycles. The standard InChI is InChI=1S/C42H26N4/c1-2-10-28(11-3-1)36-23-21-29-18-19-30-22-24-37(44-41(30)40(29)43-36)32-13-8-14-33(26-32)39-35-15-6-7-16-38(35)45-42(46-39)34-20-17-27-9-4-5-12-31(27)25-34/h1-26H. The molecule has 0 unspecified atom stereocenters. The first kappa shape index (κ1) is 26.2. The van der Waals surface area contributed by atoms with E-state index >= 15 is 0 Å². The van der Waals surface area contributed by atoms with Gasteiger partial charge in [0.15, 0.2) is 5.82 Å². The van der Waals surface area contributed by atoms with Gasteiger partial charge in [-0.25, -0.2) is 19.9 Å². The van der Waals surface area contributed by atoms with E-state index in [1.54, 1.807) is 0 Å². The molecule has 0 fully saturated rings. The Morgan fingerprint density at radius 2 is 0.935 bits per heavy atom. The van der Waals surface area contributed by atoms with E-state index in [0.29, 0.717) is 5.82 Å². The molecule has 0 saturated heterocycles. The third-order valence-corrected chi connectivity index (χ3v) is 8.63. The van der Waals surface area contributed by atoms with E-state index in [1.165, 1.54) is 10.8 Å². The summed E-state index contributed by atoms with van der Waals surface area (Å²) < 4.78 is 0.